The molecule has 1 unspecified atom stereocenters. The summed E-state index contributed by atoms with van der Waals surface area (Å²) >= 11 is 6.19. The predicted octanol–water partition coefficient (Wildman–Crippen LogP) is 0.800. The van der Waals surface area contributed by atoms with Gasteiger partial charge in [0, 0.05) is 13.1 Å². The number of nitrogens with one attached hydrogen (secondary N) is 1. The second kappa shape index (κ2) is 7.43. The first-order valence-corrected chi connectivity index (χ1v) is 5.90. The number of methoxy groups -OCH3 is 2. The van der Waals surface area contributed by atoms with Crippen molar-refractivity contribution in [3.8, 4) is 11.5 Å². The van der Waals surface area contributed by atoms with Gasteiger partial charge in [-0.25, -0.2) is 0 Å². The molecule has 0 heterocycles. The molecule has 1 aromatic carbocycles. The highest BCUT2D eigenvalue weighted by atomic mass is 35.5. The van der Waals surface area contributed by atoms with Crippen molar-refractivity contribution in [3.63, 3.8) is 0 Å². The third-order valence-corrected chi connectivity index (χ3v) is 2.89. The molecule has 0 saturated heterocycles. The quantitative estimate of drug-likeness (QED) is 0.687. The zero-order valence-corrected chi connectivity index (χ0v) is 11.2. The molecule has 3 N–H and O–H groups in total. The van der Waals surface area contributed by atoms with E-state index < -0.39 is 6.10 Å². The Morgan fingerprint density at radius 2 is 2.06 bits per heavy atom. The molecule has 102 valence electrons. The first kappa shape index (κ1) is 15.0. The molecule has 0 bridgehead atoms. The molecule has 18 heavy (non-hydrogen) atoms. The highest BCUT2D eigenvalue weighted by Gasteiger charge is 2.13. The summed E-state index contributed by atoms with van der Waals surface area (Å²) in [4.78, 5) is 0. The van der Waals surface area contributed by atoms with Gasteiger partial charge in [0.15, 0.2) is 11.5 Å². The number of hydrogen-bond acceptors (Lipinski definition) is 5. The highest BCUT2D eigenvalue weighted by molar-refractivity contribution is 6.33. The summed E-state index contributed by atoms with van der Waals surface area (Å²) in [5, 5.41) is 21.3. The van der Waals surface area contributed by atoms with Gasteiger partial charge in [0.25, 0.3) is 0 Å². The number of aliphatic hydroxyl groups excluding tert-OH is 2. The third-order valence-electron chi connectivity index (χ3n) is 2.47. The number of rotatable bonds is 7. The fourth-order valence-electron chi connectivity index (χ4n) is 1.50. The number of hydrogen-bond donors (Lipinski definition) is 3. The van der Waals surface area contributed by atoms with Crippen LogP contribution in [0, 0.1) is 0 Å². The minimum absolute atomic E-state index is 0.271. The molecule has 6 heteroatoms. The lowest BCUT2D eigenvalue weighted by atomic mass is 10.2. The van der Waals surface area contributed by atoms with E-state index in [0.29, 0.717) is 29.6 Å². The van der Waals surface area contributed by atoms with E-state index in [4.69, 9.17) is 26.2 Å². The lowest BCUT2D eigenvalue weighted by Gasteiger charge is -2.14. The molecule has 0 radical (unpaired) electrons. The SMILES string of the molecule is COc1ccc(CNCC(O)CO)c(Cl)c1OC. The van der Waals surface area contributed by atoms with E-state index >= 15 is 0 Å². The van der Waals surface area contributed by atoms with E-state index in [1.807, 2.05) is 6.07 Å². The molecular formula is C12H18ClNO4. The van der Waals surface area contributed by atoms with Crippen LogP contribution >= 0.6 is 11.6 Å². The van der Waals surface area contributed by atoms with Crippen molar-refractivity contribution < 1.29 is 19.7 Å². The molecule has 1 atom stereocenters. The second-order valence-corrected chi connectivity index (χ2v) is 4.12. The van der Waals surface area contributed by atoms with Crippen molar-refractivity contribution in [3.05, 3.63) is 22.7 Å². The molecule has 0 fully saturated rings. The molecule has 0 aliphatic heterocycles. The van der Waals surface area contributed by atoms with Gasteiger partial charge in [-0.2, -0.15) is 0 Å². The van der Waals surface area contributed by atoms with Crippen LogP contribution in [0.3, 0.4) is 0 Å². The molecule has 0 aliphatic rings. The normalized spacial score (nSPS) is 12.3. The fourth-order valence-corrected chi connectivity index (χ4v) is 1.80. The Balaban J connectivity index is 2.72. The average molecular weight is 276 g/mol. The fraction of sp³-hybridized carbons (Fsp3) is 0.500. The van der Waals surface area contributed by atoms with Gasteiger partial charge >= 0.3 is 0 Å². The Kier molecular flexibility index (Phi) is 6.21. The molecule has 0 amide bonds. The Hall–Kier alpha value is -1.01. The molecule has 0 saturated carbocycles. The van der Waals surface area contributed by atoms with E-state index in [9.17, 15) is 5.11 Å². The van der Waals surface area contributed by atoms with Gasteiger partial charge in [-0.15, -0.1) is 0 Å². The summed E-state index contributed by atoms with van der Waals surface area (Å²) in [7, 11) is 3.07. The van der Waals surface area contributed by atoms with Crippen molar-refractivity contribution in [2.75, 3.05) is 27.4 Å². The van der Waals surface area contributed by atoms with Gasteiger partial charge in [-0.1, -0.05) is 17.7 Å². The van der Waals surface area contributed by atoms with Gasteiger partial charge in [0.05, 0.1) is 32.0 Å². The van der Waals surface area contributed by atoms with Crippen LogP contribution < -0.4 is 14.8 Å². The zero-order chi connectivity index (χ0) is 13.5. The molecule has 1 aromatic rings. The number of halogens is 1. The molecule has 0 spiro atoms. The van der Waals surface area contributed by atoms with E-state index in [2.05, 4.69) is 5.32 Å². The molecular weight excluding hydrogens is 258 g/mol. The average Bonchev–Trinajstić information content (AvgIpc) is 2.39. The Morgan fingerprint density at radius 3 is 2.61 bits per heavy atom. The predicted molar refractivity (Wildman–Crippen MR) is 69.4 cm³/mol. The Labute approximate surface area is 111 Å². The number of aliphatic hydroxyl groups is 2. The maximum absolute atomic E-state index is 9.20. The summed E-state index contributed by atoms with van der Waals surface area (Å²) < 4.78 is 10.3. The van der Waals surface area contributed by atoms with Gasteiger partial charge < -0.3 is 25.0 Å². The van der Waals surface area contributed by atoms with E-state index in [-0.39, 0.29) is 6.61 Å². The number of ether oxygens (including phenoxy) is 2. The van der Waals surface area contributed by atoms with Crippen LogP contribution in [0.4, 0.5) is 0 Å². The van der Waals surface area contributed by atoms with Crippen LogP contribution in [0.1, 0.15) is 5.56 Å². The van der Waals surface area contributed by atoms with E-state index in [1.165, 1.54) is 7.11 Å². The van der Waals surface area contributed by atoms with Crippen LogP contribution in [0.2, 0.25) is 5.02 Å². The minimum atomic E-state index is -0.774. The lowest BCUT2D eigenvalue weighted by molar-refractivity contribution is 0.0942. The first-order chi connectivity index (χ1) is 8.63. The van der Waals surface area contributed by atoms with Crippen molar-refractivity contribution in [2.24, 2.45) is 0 Å². The molecule has 0 aliphatic carbocycles. The largest absolute Gasteiger partial charge is 0.493 e. The smallest absolute Gasteiger partial charge is 0.179 e. The summed E-state index contributed by atoms with van der Waals surface area (Å²) in [6, 6.07) is 3.59. The Morgan fingerprint density at radius 1 is 1.33 bits per heavy atom. The van der Waals surface area contributed by atoms with E-state index in [0.717, 1.165) is 5.56 Å². The molecule has 5 nitrogen and oxygen atoms in total. The topological polar surface area (TPSA) is 71.0 Å². The summed E-state index contributed by atoms with van der Waals surface area (Å²) in [6.45, 7) is 0.490. The molecule has 0 aromatic heterocycles. The first-order valence-electron chi connectivity index (χ1n) is 5.53. The van der Waals surface area contributed by atoms with Gasteiger partial charge in [0.1, 0.15) is 0 Å². The van der Waals surface area contributed by atoms with Gasteiger partial charge in [-0.3, -0.25) is 0 Å². The zero-order valence-electron chi connectivity index (χ0n) is 10.4. The summed E-state index contributed by atoms with van der Waals surface area (Å²) in [5.41, 5.74) is 0.833. The second-order valence-electron chi connectivity index (χ2n) is 3.74. The minimum Gasteiger partial charge on any atom is -0.493 e. The van der Waals surface area contributed by atoms with Crippen LogP contribution in [0.25, 0.3) is 0 Å². The van der Waals surface area contributed by atoms with Crippen molar-refractivity contribution in [1.29, 1.82) is 0 Å². The van der Waals surface area contributed by atoms with Crippen molar-refractivity contribution in [1.82, 2.24) is 5.32 Å². The van der Waals surface area contributed by atoms with Gasteiger partial charge in [0.2, 0.25) is 0 Å². The Bertz CT molecular complexity index is 387. The highest BCUT2D eigenvalue weighted by Crippen LogP contribution is 2.37. The van der Waals surface area contributed by atoms with Gasteiger partial charge in [-0.05, 0) is 11.6 Å². The number of benzene rings is 1. The standard InChI is InChI=1S/C12H18ClNO4/c1-17-10-4-3-8(11(13)12(10)18-2)5-14-6-9(16)7-15/h3-4,9,14-16H,5-7H2,1-2H3. The van der Waals surface area contributed by atoms with Crippen LogP contribution in [-0.4, -0.2) is 43.7 Å². The van der Waals surface area contributed by atoms with Crippen molar-refractivity contribution in [2.45, 2.75) is 12.6 Å². The van der Waals surface area contributed by atoms with Crippen LogP contribution in [-0.2, 0) is 6.54 Å². The summed E-state index contributed by atoms with van der Waals surface area (Å²) in [6.07, 6.45) is -0.774. The maximum atomic E-state index is 9.20. The molecule has 1 rings (SSSR count). The maximum Gasteiger partial charge on any atom is 0.179 e. The van der Waals surface area contributed by atoms with Crippen LogP contribution in [0.5, 0.6) is 11.5 Å². The monoisotopic (exact) mass is 275 g/mol. The lowest BCUT2D eigenvalue weighted by Crippen LogP contribution is -2.29. The van der Waals surface area contributed by atoms with E-state index in [1.54, 1.807) is 13.2 Å². The summed E-state index contributed by atoms with van der Waals surface area (Å²) in [5.74, 6) is 1.06. The third kappa shape index (κ3) is 3.74. The van der Waals surface area contributed by atoms with Crippen LogP contribution in [0.15, 0.2) is 12.1 Å². The van der Waals surface area contributed by atoms with Crippen molar-refractivity contribution >= 4 is 11.6 Å².